The summed E-state index contributed by atoms with van der Waals surface area (Å²) in [5.41, 5.74) is 7.43. The van der Waals surface area contributed by atoms with Crippen LogP contribution in [-0.4, -0.2) is 12.0 Å². The standard InChI is InChI=1S/C11H12FN3S/c1-15(6-9-7-16-11(13)14-9)10-4-2-8(12)3-5-10/h2-5,7H,6H2,1H3,(H2,13,14). The summed E-state index contributed by atoms with van der Waals surface area (Å²) in [5.74, 6) is -0.227. The second-order valence-corrected chi connectivity index (χ2v) is 4.40. The zero-order valence-corrected chi connectivity index (χ0v) is 9.67. The number of halogens is 1. The maximum Gasteiger partial charge on any atom is 0.180 e. The molecular formula is C11H12FN3S. The Bertz CT molecular complexity index is 466. The van der Waals surface area contributed by atoms with Gasteiger partial charge in [-0.25, -0.2) is 9.37 Å². The molecule has 1 aromatic carbocycles. The van der Waals surface area contributed by atoms with E-state index in [9.17, 15) is 4.39 Å². The Hall–Kier alpha value is -1.62. The van der Waals surface area contributed by atoms with Crippen LogP contribution in [0.4, 0.5) is 15.2 Å². The summed E-state index contributed by atoms with van der Waals surface area (Å²) in [4.78, 5) is 6.17. The second kappa shape index (κ2) is 4.49. The number of aromatic nitrogens is 1. The molecule has 2 rings (SSSR count). The normalized spacial score (nSPS) is 10.4. The summed E-state index contributed by atoms with van der Waals surface area (Å²) in [7, 11) is 1.93. The molecule has 0 aliphatic rings. The van der Waals surface area contributed by atoms with Crippen molar-refractivity contribution in [1.29, 1.82) is 0 Å². The molecule has 0 fully saturated rings. The van der Waals surface area contributed by atoms with Gasteiger partial charge >= 0.3 is 0 Å². The fraction of sp³-hybridized carbons (Fsp3) is 0.182. The molecule has 2 aromatic rings. The number of nitrogen functional groups attached to an aromatic ring is 1. The van der Waals surface area contributed by atoms with Crippen molar-refractivity contribution in [1.82, 2.24) is 4.98 Å². The number of hydrogen-bond acceptors (Lipinski definition) is 4. The molecule has 0 aliphatic heterocycles. The summed E-state index contributed by atoms with van der Waals surface area (Å²) < 4.78 is 12.7. The number of anilines is 2. The molecule has 0 unspecified atom stereocenters. The third-order valence-corrected chi connectivity index (χ3v) is 2.96. The van der Waals surface area contributed by atoms with Gasteiger partial charge in [-0.3, -0.25) is 0 Å². The molecule has 0 radical (unpaired) electrons. The number of nitrogens with two attached hydrogens (primary N) is 1. The van der Waals surface area contributed by atoms with Crippen LogP contribution in [0.25, 0.3) is 0 Å². The Labute approximate surface area is 97.3 Å². The first-order valence-corrected chi connectivity index (χ1v) is 5.69. The molecule has 0 atom stereocenters. The van der Waals surface area contributed by atoms with Gasteiger partial charge in [0.1, 0.15) is 5.82 Å². The summed E-state index contributed by atoms with van der Waals surface area (Å²) in [5, 5.41) is 2.50. The zero-order valence-electron chi connectivity index (χ0n) is 8.85. The molecule has 0 bridgehead atoms. The van der Waals surface area contributed by atoms with E-state index in [1.807, 2.05) is 17.3 Å². The highest BCUT2D eigenvalue weighted by molar-refractivity contribution is 7.13. The van der Waals surface area contributed by atoms with Gasteiger partial charge in [0, 0.05) is 18.1 Å². The van der Waals surface area contributed by atoms with Crippen LogP contribution in [0.3, 0.4) is 0 Å². The van der Waals surface area contributed by atoms with Crippen LogP contribution in [0.15, 0.2) is 29.6 Å². The van der Waals surface area contributed by atoms with Gasteiger partial charge in [-0.2, -0.15) is 0 Å². The second-order valence-electron chi connectivity index (χ2n) is 3.51. The van der Waals surface area contributed by atoms with Crippen LogP contribution in [0.2, 0.25) is 0 Å². The van der Waals surface area contributed by atoms with Crippen molar-refractivity contribution in [2.24, 2.45) is 0 Å². The summed E-state index contributed by atoms with van der Waals surface area (Å²) in [6.45, 7) is 0.666. The lowest BCUT2D eigenvalue weighted by Gasteiger charge is -2.17. The molecule has 16 heavy (non-hydrogen) atoms. The lowest BCUT2D eigenvalue weighted by Crippen LogP contribution is -2.16. The van der Waals surface area contributed by atoms with Crippen LogP contribution in [0, 0.1) is 5.82 Å². The average Bonchev–Trinajstić information content (AvgIpc) is 2.65. The van der Waals surface area contributed by atoms with Gasteiger partial charge in [-0.05, 0) is 24.3 Å². The predicted octanol–water partition coefficient (Wildman–Crippen LogP) is 2.50. The molecular weight excluding hydrogens is 225 g/mol. The fourth-order valence-corrected chi connectivity index (χ4v) is 1.98. The maximum absolute atomic E-state index is 12.7. The Morgan fingerprint density at radius 1 is 1.38 bits per heavy atom. The number of thiazole rings is 1. The van der Waals surface area contributed by atoms with Crippen LogP contribution in [0.5, 0.6) is 0 Å². The topological polar surface area (TPSA) is 42.1 Å². The van der Waals surface area contributed by atoms with E-state index in [2.05, 4.69) is 4.98 Å². The van der Waals surface area contributed by atoms with Gasteiger partial charge in [0.15, 0.2) is 5.13 Å². The molecule has 3 nitrogen and oxygen atoms in total. The third-order valence-electron chi connectivity index (χ3n) is 2.24. The van der Waals surface area contributed by atoms with Gasteiger partial charge < -0.3 is 10.6 Å². The molecule has 0 saturated heterocycles. The first-order chi connectivity index (χ1) is 7.65. The number of rotatable bonds is 3. The number of nitrogens with zero attached hydrogens (tertiary/aromatic N) is 2. The van der Waals surface area contributed by atoms with Gasteiger partial charge in [0.05, 0.1) is 12.2 Å². The quantitative estimate of drug-likeness (QED) is 0.891. The van der Waals surface area contributed by atoms with Crippen LogP contribution in [0.1, 0.15) is 5.69 Å². The largest absolute Gasteiger partial charge is 0.375 e. The predicted molar refractivity (Wildman–Crippen MR) is 65.0 cm³/mol. The van der Waals surface area contributed by atoms with Crippen molar-refractivity contribution < 1.29 is 4.39 Å². The van der Waals surface area contributed by atoms with Crippen molar-refractivity contribution >= 4 is 22.2 Å². The van der Waals surface area contributed by atoms with Crippen molar-refractivity contribution in [2.45, 2.75) is 6.54 Å². The van der Waals surface area contributed by atoms with Gasteiger partial charge in [0.25, 0.3) is 0 Å². The smallest absolute Gasteiger partial charge is 0.180 e. The minimum absolute atomic E-state index is 0.227. The van der Waals surface area contributed by atoms with Crippen molar-refractivity contribution in [3.63, 3.8) is 0 Å². The summed E-state index contributed by atoms with van der Waals surface area (Å²) in [6.07, 6.45) is 0. The molecule has 2 N–H and O–H groups in total. The van der Waals surface area contributed by atoms with Gasteiger partial charge in [0.2, 0.25) is 0 Å². The third kappa shape index (κ3) is 2.49. The van der Waals surface area contributed by atoms with E-state index in [1.54, 1.807) is 12.1 Å². The Balaban J connectivity index is 2.08. The molecule has 1 heterocycles. The first kappa shape index (κ1) is 10.9. The first-order valence-electron chi connectivity index (χ1n) is 4.82. The average molecular weight is 237 g/mol. The summed E-state index contributed by atoms with van der Waals surface area (Å²) in [6, 6.07) is 6.37. The van der Waals surface area contributed by atoms with E-state index in [0.717, 1.165) is 11.4 Å². The molecule has 1 aromatic heterocycles. The van der Waals surface area contributed by atoms with Crippen LogP contribution in [-0.2, 0) is 6.54 Å². The lowest BCUT2D eigenvalue weighted by molar-refractivity contribution is 0.627. The molecule has 0 saturated carbocycles. The highest BCUT2D eigenvalue weighted by Crippen LogP contribution is 2.17. The van der Waals surface area contributed by atoms with Crippen molar-refractivity contribution in [2.75, 3.05) is 17.7 Å². The highest BCUT2D eigenvalue weighted by atomic mass is 32.1. The minimum atomic E-state index is -0.227. The van der Waals surface area contributed by atoms with E-state index in [4.69, 9.17) is 5.73 Å². The zero-order chi connectivity index (χ0) is 11.5. The van der Waals surface area contributed by atoms with Crippen molar-refractivity contribution in [3.05, 3.63) is 41.2 Å². The van der Waals surface area contributed by atoms with Crippen molar-refractivity contribution in [3.8, 4) is 0 Å². The monoisotopic (exact) mass is 237 g/mol. The highest BCUT2D eigenvalue weighted by Gasteiger charge is 2.04. The lowest BCUT2D eigenvalue weighted by atomic mass is 10.3. The van der Waals surface area contributed by atoms with E-state index in [-0.39, 0.29) is 5.82 Å². The molecule has 0 spiro atoms. The van der Waals surface area contributed by atoms with E-state index in [1.165, 1.54) is 23.5 Å². The van der Waals surface area contributed by atoms with Gasteiger partial charge in [-0.1, -0.05) is 0 Å². The Morgan fingerprint density at radius 2 is 2.06 bits per heavy atom. The van der Waals surface area contributed by atoms with Gasteiger partial charge in [-0.15, -0.1) is 11.3 Å². The molecule has 0 amide bonds. The van der Waals surface area contributed by atoms with E-state index >= 15 is 0 Å². The SMILES string of the molecule is CN(Cc1csc(N)n1)c1ccc(F)cc1. The molecule has 5 heteroatoms. The van der Waals surface area contributed by atoms with E-state index in [0.29, 0.717) is 11.7 Å². The number of hydrogen-bond donors (Lipinski definition) is 1. The molecule has 0 aliphatic carbocycles. The Kier molecular flexibility index (Phi) is 3.05. The Morgan fingerprint density at radius 3 is 2.62 bits per heavy atom. The van der Waals surface area contributed by atoms with Crippen LogP contribution < -0.4 is 10.6 Å². The minimum Gasteiger partial charge on any atom is -0.375 e. The van der Waals surface area contributed by atoms with E-state index < -0.39 is 0 Å². The number of benzene rings is 1. The maximum atomic E-state index is 12.7. The summed E-state index contributed by atoms with van der Waals surface area (Å²) >= 11 is 1.42. The molecule has 84 valence electrons. The fourth-order valence-electron chi connectivity index (χ4n) is 1.43. The van der Waals surface area contributed by atoms with Crippen LogP contribution >= 0.6 is 11.3 Å².